The van der Waals surface area contributed by atoms with Gasteiger partial charge in [0.1, 0.15) is 0 Å². The quantitative estimate of drug-likeness (QED) is 0.160. The fourth-order valence-corrected chi connectivity index (χ4v) is 15.0. The van der Waals surface area contributed by atoms with Crippen LogP contribution >= 0.6 is 11.3 Å². The van der Waals surface area contributed by atoms with Crippen LogP contribution in [0, 0.1) is 0 Å². The van der Waals surface area contributed by atoms with Gasteiger partial charge >= 0.3 is 6.85 Å². The molecule has 68 heavy (non-hydrogen) atoms. The Bertz CT molecular complexity index is 3310. The van der Waals surface area contributed by atoms with Gasteiger partial charge in [-0.1, -0.05) is 158 Å². The second kappa shape index (κ2) is 14.0. The van der Waals surface area contributed by atoms with Crippen LogP contribution in [0.4, 0.5) is 28.4 Å². The van der Waals surface area contributed by atoms with Crippen LogP contribution in [0.15, 0.2) is 97.1 Å². The summed E-state index contributed by atoms with van der Waals surface area (Å²) in [5, 5.41) is 2.71. The molecule has 5 aliphatic rings. The molecule has 0 saturated carbocycles. The number of anilines is 5. The molecule has 0 bridgehead atoms. The van der Waals surface area contributed by atoms with E-state index in [1.807, 2.05) is 11.3 Å². The van der Waals surface area contributed by atoms with Crippen molar-refractivity contribution in [2.75, 3.05) is 9.71 Å². The molecule has 0 N–H and O–H groups in total. The smallest absolute Gasteiger partial charge is 0.333 e. The number of thiophene rings is 1. The summed E-state index contributed by atoms with van der Waals surface area (Å²) in [5.41, 5.74) is 23.1. The fourth-order valence-electron chi connectivity index (χ4n) is 13.7. The normalized spacial score (nSPS) is 20.8. The van der Waals surface area contributed by atoms with Gasteiger partial charge in [0.15, 0.2) is 0 Å². The van der Waals surface area contributed by atoms with Crippen molar-refractivity contribution in [2.24, 2.45) is 0 Å². The van der Waals surface area contributed by atoms with Crippen LogP contribution in [0.25, 0.3) is 31.3 Å². The van der Waals surface area contributed by atoms with Crippen molar-refractivity contribution in [1.82, 2.24) is 0 Å². The number of fused-ring (bicyclic) bond motifs is 11. The van der Waals surface area contributed by atoms with Gasteiger partial charge in [-0.15, -0.1) is 11.3 Å². The molecule has 2 nitrogen and oxygen atoms in total. The molecular weight excluding hydrogens is 840 g/mol. The van der Waals surface area contributed by atoms with Crippen LogP contribution < -0.4 is 20.6 Å². The van der Waals surface area contributed by atoms with Crippen LogP contribution in [0.2, 0.25) is 0 Å². The average molecular weight is 913 g/mol. The maximum absolute atomic E-state index is 2.86. The number of nitrogens with zero attached hydrogens (tertiary/aromatic N) is 2. The number of hydrogen-bond acceptors (Lipinski definition) is 3. The van der Waals surface area contributed by atoms with Crippen LogP contribution in [-0.2, 0) is 37.9 Å². The van der Waals surface area contributed by atoms with Gasteiger partial charge in [0.25, 0.3) is 0 Å². The van der Waals surface area contributed by atoms with Crippen LogP contribution in [0.3, 0.4) is 0 Å². The Morgan fingerprint density at radius 2 is 0.985 bits per heavy atom. The van der Waals surface area contributed by atoms with Crippen LogP contribution in [0.5, 0.6) is 0 Å². The minimum Gasteiger partial charge on any atom is -0.375 e. The molecule has 2 aliphatic heterocycles. The highest BCUT2D eigenvalue weighted by molar-refractivity contribution is 7.26. The van der Waals surface area contributed by atoms with E-state index in [0.717, 1.165) is 0 Å². The zero-order valence-electron chi connectivity index (χ0n) is 43.9. The van der Waals surface area contributed by atoms with Crippen molar-refractivity contribution in [1.29, 1.82) is 0 Å². The average Bonchev–Trinajstić information content (AvgIpc) is 3.67. The van der Waals surface area contributed by atoms with Gasteiger partial charge in [-0.05, 0) is 174 Å². The summed E-state index contributed by atoms with van der Waals surface area (Å²) in [6.45, 7) is 37.0. The third-order valence-electron chi connectivity index (χ3n) is 18.6. The summed E-state index contributed by atoms with van der Waals surface area (Å²) in [7, 11) is 0. The third kappa shape index (κ3) is 6.26. The molecule has 0 spiro atoms. The van der Waals surface area contributed by atoms with E-state index in [1.165, 1.54) is 148 Å². The van der Waals surface area contributed by atoms with E-state index >= 15 is 0 Å². The van der Waals surface area contributed by atoms with E-state index in [4.69, 9.17) is 0 Å². The lowest BCUT2D eigenvalue weighted by molar-refractivity contribution is 0.332. The Morgan fingerprint density at radius 1 is 0.471 bits per heavy atom. The molecule has 348 valence electrons. The molecule has 0 fully saturated rings. The lowest BCUT2D eigenvalue weighted by atomic mass is 9.42. The van der Waals surface area contributed by atoms with Gasteiger partial charge in [-0.3, -0.25) is 0 Å². The first kappa shape index (κ1) is 44.4. The summed E-state index contributed by atoms with van der Waals surface area (Å²) in [6, 6.07) is 40.0. The SMILES string of the molecule is CC(C)(C)c1cc2c3c(c1)N(c1ccc4c(c1)C(C)(C)CCC4(C)C)c1cc4c(cc1B3N(c1ccc3c(c1)C(C)(C)CCC3(C)C)c1c-2ccc2c1sc1ccccc12)C(C)(C)CCC4(C)C. The fraction of sp³-hybridized carbons (Fsp3) is 0.438. The van der Waals surface area contributed by atoms with E-state index in [1.54, 1.807) is 0 Å². The van der Waals surface area contributed by atoms with Gasteiger partial charge < -0.3 is 9.71 Å². The molecule has 0 radical (unpaired) electrons. The highest BCUT2D eigenvalue weighted by Crippen LogP contribution is 2.57. The molecule has 6 aromatic carbocycles. The van der Waals surface area contributed by atoms with Crippen molar-refractivity contribution < 1.29 is 0 Å². The minimum absolute atomic E-state index is 0.0446. The first-order valence-electron chi connectivity index (χ1n) is 26.0. The van der Waals surface area contributed by atoms with Crippen LogP contribution in [-0.4, -0.2) is 6.85 Å². The largest absolute Gasteiger partial charge is 0.375 e. The summed E-state index contributed by atoms with van der Waals surface area (Å²) in [4.78, 5) is 5.60. The summed E-state index contributed by atoms with van der Waals surface area (Å²) in [6.07, 6.45) is 7.14. The van der Waals surface area contributed by atoms with Crippen molar-refractivity contribution in [3.8, 4) is 11.1 Å². The van der Waals surface area contributed by atoms with E-state index in [0.29, 0.717) is 0 Å². The van der Waals surface area contributed by atoms with Crippen molar-refractivity contribution >= 4 is 77.7 Å². The molecule has 0 atom stereocenters. The van der Waals surface area contributed by atoms with Gasteiger partial charge in [-0.2, -0.15) is 0 Å². The standard InChI is InChI=1S/C64H73BN2S/c1-58(2,3)38-32-44-42-22-23-43-41-18-16-17-19-54(41)68-57(43)56(42)67(40-21-25-46-48(35-40)62(10,11)29-27-60(46,6)7)65-51-36-49-50(64(14,15)31-30-63(49,12)13)37-52(51)66(53(33-38)55(44)65)39-20-24-45-47(34-39)61(8,9)28-26-59(45,4)5/h16-25,32-37H,26-31H2,1-15H3. The zero-order valence-corrected chi connectivity index (χ0v) is 44.7. The summed E-state index contributed by atoms with van der Waals surface area (Å²) < 4.78 is 2.74. The molecule has 1 aromatic heterocycles. The predicted octanol–water partition coefficient (Wildman–Crippen LogP) is 17.1. The van der Waals surface area contributed by atoms with E-state index in [9.17, 15) is 0 Å². The zero-order chi connectivity index (χ0) is 48.0. The van der Waals surface area contributed by atoms with Gasteiger partial charge in [0, 0.05) is 43.8 Å². The van der Waals surface area contributed by atoms with Crippen molar-refractivity contribution in [3.05, 3.63) is 136 Å². The minimum atomic E-state index is -0.0768. The lowest BCUT2D eigenvalue weighted by Crippen LogP contribution is -2.62. The highest BCUT2D eigenvalue weighted by atomic mass is 32.1. The molecular formula is C64H73BN2S. The summed E-state index contributed by atoms with van der Waals surface area (Å²) in [5.74, 6) is 0. The van der Waals surface area contributed by atoms with E-state index in [2.05, 4.69) is 211 Å². The molecule has 12 rings (SSSR count). The molecule has 0 amide bonds. The Labute approximate surface area is 412 Å². The summed E-state index contributed by atoms with van der Waals surface area (Å²) >= 11 is 1.98. The van der Waals surface area contributed by atoms with E-state index < -0.39 is 0 Å². The Morgan fingerprint density at radius 3 is 1.57 bits per heavy atom. The Kier molecular flexibility index (Phi) is 9.12. The van der Waals surface area contributed by atoms with Gasteiger partial charge in [-0.25, -0.2) is 0 Å². The van der Waals surface area contributed by atoms with Crippen LogP contribution in [0.1, 0.15) is 181 Å². The topological polar surface area (TPSA) is 6.48 Å². The third-order valence-corrected chi connectivity index (χ3v) is 19.8. The molecule has 0 unspecified atom stereocenters. The van der Waals surface area contributed by atoms with Gasteiger partial charge in [0.2, 0.25) is 0 Å². The molecule has 3 heterocycles. The first-order valence-corrected chi connectivity index (χ1v) is 26.8. The monoisotopic (exact) mass is 913 g/mol. The maximum Gasteiger partial charge on any atom is 0.333 e. The highest BCUT2D eigenvalue weighted by Gasteiger charge is 2.50. The number of rotatable bonds is 2. The molecule has 4 heteroatoms. The number of benzene rings is 6. The Balaban J connectivity index is 1.25. The van der Waals surface area contributed by atoms with Crippen molar-refractivity contribution in [3.63, 3.8) is 0 Å². The maximum atomic E-state index is 2.86. The van der Waals surface area contributed by atoms with E-state index in [-0.39, 0.29) is 44.8 Å². The first-order chi connectivity index (χ1) is 31.8. The lowest BCUT2D eigenvalue weighted by Gasteiger charge is -2.49. The second-order valence-corrected chi connectivity index (χ2v) is 28.0. The molecule has 3 aliphatic carbocycles. The molecule has 0 saturated heterocycles. The van der Waals surface area contributed by atoms with Gasteiger partial charge in [0.05, 0.1) is 10.4 Å². The molecule has 7 aromatic rings. The Hall–Kier alpha value is -4.80. The van der Waals surface area contributed by atoms with Crippen molar-refractivity contribution in [2.45, 2.75) is 180 Å². The second-order valence-electron chi connectivity index (χ2n) is 27.0. The number of hydrogen-bond donors (Lipinski definition) is 0. The predicted molar refractivity (Wildman–Crippen MR) is 298 cm³/mol.